The van der Waals surface area contributed by atoms with E-state index in [0.29, 0.717) is 36.0 Å². The van der Waals surface area contributed by atoms with Gasteiger partial charge in [-0.1, -0.05) is 96.2 Å². The number of rotatable bonds is 14. The predicted molar refractivity (Wildman–Crippen MR) is 257 cm³/mol. The fraction of sp³-hybridized carbons (Fsp3) is 0.333. The zero-order chi connectivity index (χ0) is 44.4. The first-order chi connectivity index (χ1) is 31.8. The van der Waals surface area contributed by atoms with Crippen LogP contribution in [0.1, 0.15) is 82.4 Å². The summed E-state index contributed by atoms with van der Waals surface area (Å²) in [5.41, 5.74) is 6.71. The molecule has 2 aliphatic heterocycles. The Morgan fingerprint density at radius 2 is 1.02 bits per heavy atom. The number of thiazole rings is 2. The average Bonchev–Trinajstić information content (AvgIpc) is 3.93. The lowest BCUT2D eigenvalue weighted by Gasteiger charge is -2.26. The number of fused-ring (bicyclic) bond motifs is 2. The Hall–Kier alpha value is -5.30. The fourth-order valence-corrected chi connectivity index (χ4v) is 12.2. The summed E-state index contributed by atoms with van der Waals surface area (Å²) in [4.78, 5) is 43.1. The number of likely N-dealkylation sites (tertiary alicyclic amines) is 2. The molecule has 334 valence electrons. The van der Waals surface area contributed by atoms with Gasteiger partial charge in [-0.05, 0) is 99.4 Å². The quantitative estimate of drug-likeness (QED) is 0.0958. The van der Waals surface area contributed by atoms with E-state index >= 15 is 0 Å². The van der Waals surface area contributed by atoms with Crippen LogP contribution in [-0.4, -0.2) is 88.5 Å². The van der Waals surface area contributed by atoms with Gasteiger partial charge in [-0.25, -0.2) is 48.3 Å². The van der Waals surface area contributed by atoms with Crippen molar-refractivity contribution in [1.29, 1.82) is 0 Å². The first kappa shape index (κ1) is 44.9. The standard InChI is InChI=1S/C24H25N5O2S2.C24H25N5OS2/c30-33(31,17-18-8-3-1-4-9-18)24-26-19(14-20(27-24)16-29-12-5-2-6-13-29)15-22-28-21-10-7-11-25-23(21)32-22;30-32(17-18-8-3-1-4-9-18)24-26-19(14-20(27-24)16-29-12-5-2-6-13-29)15-22-28-21-10-7-11-25-23(21)31-22/h1,3-4,7-11,14H,2,5-6,12-13,15-17H2;1,3-4,7-11,14H,2,5-6,12-13,15-17H2. The molecule has 2 aromatic carbocycles. The number of pyridine rings is 2. The topological polar surface area (TPSA) is 161 Å². The van der Waals surface area contributed by atoms with E-state index in [1.807, 2.05) is 91.0 Å². The maximum Gasteiger partial charge on any atom is 0.247 e. The highest BCUT2D eigenvalue weighted by atomic mass is 32.2. The number of aromatic nitrogens is 8. The molecule has 17 heteroatoms. The van der Waals surface area contributed by atoms with Crippen LogP contribution in [-0.2, 0) is 58.1 Å². The van der Waals surface area contributed by atoms with E-state index in [1.165, 1.54) is 37.0 Å². The zero-order valence-electron chi connectivity index (χ0n) is 36.0. The molecule has 13 nitrogen and oxygen atoms in total. The van der Waals surface area contributed by atoms with Gasteiger partial charge in [-0.3, -0.25) is 14.0 Å². The maximum absolute atomic E-state index is 13.2. The molecule has 0 amide bonds. The monoisotopic (exact) mass is 942 g/mol. The van der Waals surface area contributed by atoms with Gasteiger partial charge in [0.05, 0.1) is 45.1 Å². The molecule has 0 bridgehead atoms. The highest BCUT2D eigenvalue weighted by Crippen LogP contribution is 2.25. The van der Waals surface area contributed by atoms with Crippen LogP contribution < -0.4 is 0 Å². The number of nitrogens with zero attached hydrogens (tertiary/aromatic N) is 10. The van der Waals surface area contributed by atoms with Crippen molar-refractivity contribution in [3.63, 3.8) is 0 Å². The highest BCUT2D eigenvalue weighted by Gasteiger charge is 2.23. The number of hydrogen-bond acceptors (Lipinski definition) is 15. The van der Waals surface area contributed by atoms with Crippen LogP contribution in [0.15, 0.2) is 120 Å². The summed E-state index contributed by atoms with van der Waals surface area (Å²) in [5, 5.41) is 2.13. The van der Waals surface area contributed by atoms with Crippen LogP contribution in [0, 0.1) is 0 Å². The van der Waals surface area contributed by atoms with Gasteiger partial charge in [0.15, 0.2) is 0 Å². The molecule has 8 heterocycles. The molecule has 0 saturated carbocycles. The summed E-state index contributed by atoms with van der Waals surface area (Å²) < 4.78 is 39.6. The van der Waals surface area contributed by atoms with Crippen LogP contribution in [0.25, 0.3) is 20.7 Å². The van der Waals surface area contributed by atoms with Crippen LogP contribution in [0.5, 0.6) is 0 Å². The van der Waals surface area contributed by atoms with Gasteiger partial charge in [0, 0.05) is 38.3 Å². The Morgan fingerprint density at radius 3 is 1.55 bits per heavy atom. The number of piperidine rings is 2. The molecule has 0 spiro atoms. The van der Waals surface area contributed by atoms with Gasteiger partial charge in [0.1, 0.15) is 30.7 Å². The molecule has 2 fully saturated rings. The summed E-state index contributed by atoms with van der Waals surface area (Å²) >= 11 is 3.09. The normalized spacial score (nSPS) is 15.4. The second-order valence-electron chi connectivity index (χ2n) is 16.4. The first-order valence-electron chi connectivity index (χ1n) is 22.1. The first-order valence-corrected chi connectivity index (χ1v) is 26.7. The molecule has 2 aliphatic rings. The van der Waals surface area contributed by atoms with E-state index in [1.54, 1.807) is 23.7 Å². The number of hydrogen-bond donors (Lipinski definition) is 0. The SMILES string of the molecule is O=S(=O)(Cc1ccccc1)c1nc(Cc2nc3cccnc3s2)cc(CN2CCCCC2)n1.O=S(Cc1ccccc1)c1nc(Cc2nc3cccnc3s2)cc(CN2CCCCC2)n1. The minimum atomic E-state index is -3.69. The molecular weight excluding hydrogens is 893 g/mol. The molecule has 6 aromatic heterocycles. The van der Waals surface area contributed by atoms with Gasteiger partial charge < -0.3 is 0 Å². The van der Waals surface area contributed by atoms with Crippen LogP contribution in [0.4, 0.5) is 0 Å². The van der Waals surface area contributed by atoms with Crippen LogP contribution >= 0.6 is 22.7 Å². The van der Waals surface area contributed by atoms with Crippen molar-refractivity contribution >= 4 is 64.0 Å². The van der Waals surface area contributed by atoms with E-state index < -0.39 is 20.6 Å². The van der Waals surface area contributed by atoms with E-state index in [4.69, 9.17) is 15.0 Å². The number of benzene rings is 2. The summed E-state index contributed by atoms with van der Waals surface area (Å²) in [6, 6.07) is 30.7. The van der Waals surface area contributed by atoms with Crippen molar-refractivity contribution in [3.05, 3.63) is 153 Å². The molecule has 2 saturated heterocycles. The molecule has 8 aromatic rings. The molecule has 1 atom stereocenters. The van der Waals surface area contributed by atoms with E-state index in [-0.39, 0.29) is 10.9 Å². The van der Waals surface area contributed by atoms with E-state index in [9.17, 15) is 12.6 Å². The van der Waals surface area contributed by atoms with E-state index in [0.717, 1.165) is 104 Å². The Bertz CT molecular complexity index is 2910. The molecular formula is C48H50N10O3S4. The summed E-state index contributed by atoms with van der Waals surface area (Å²) in [6.07, 6.45) is 11.9. The van der Waals surface area contributed by atoms with Gasteiger partial charge in [-0.2, -0.15) is 0 Å². The van der Waals surface area contributed by atoms with Crippen LogP contribution in [0.3, 0.4) is 0 Å². The minimum Gasteiger partial charge on any atom is -0.298 e. The van der Waals surface area contributed by atoms with Crippen molar-refractivity contribution in [2.75, 3.05) is 26.2 Å². The smallest absolute Gasteiger partial charge is 0.247 e. The summed E-state index contributed by atoms with van der Waals surface area (Å²) in [7, 11) is -4.99. The molecule has 65 heavy (non-hydrogen) atoms. The Labute approximate surface area is 389 Å². The third kappa shape index (κ3) is 12.3. The zero-order valence-corrected chi connectivity index (χ0v) is 39.3. The summed E-state index contributed by atoms with van der Waals surface area (Å²) in [5.74, 6) is 0.296. The Morgan fingerprint density at radius 1 is 0.538 bits per heavy atom. The molecule has 0 radical (unpaired) electrons. The lowest BCUT2D eigenvalue weighted by molar-refractivity contribution is 0.218. The van der Waals surface area contributed by atoms with Crippen LogP contribution in [0.2, 0.25) is 0 Å². The third-order valence-electron chi connectivity index (χ3n) is 11.2. The predicted octanol–water partition coefficient (Wildman–Crippen LogP) is 8.40. The fourth-order valence-electron chi connectivity index (χ4n) is 8.07. The highest BCUT2D eigenvalue weighted by molar-refractivity contribution is 7.90. The van der Waals surface area contributed by atoms with Crippen molar-refractivity contribution in [2.24, 2.45) is 0 Å². The third-order valence-corrected chi connectivity index (χ3v) is 15.8. The lowest BCUT2D eigenvalue weighted by Crippen LogP contribution is -2.29. The van der Waals surface area contributed by atoms with Gasteiger partial charge in [0.2, 0.25) is 20.2 Å². The molecule has 0 N–H and O–H groups in total. The van der Waals surface area contributed by atoms with Crippen molar-refractivity contribution in [1.82, 2.24) is 49.7 Å². The van der Waals surface area contributed by atoms with Crippen molar-refractivity contribution in [2.45, 2.75) is 86.3 Å². The second kappa shape index (κ2) is 21.3. The largest absolute Gasteiger partial charge is 0.298 e. The maximum atomic E-state index is 13.2. The Balaban J connectivity index is 0.000000164. The average molecular weight is 943 g/mol. The lowest BCUT2D eigenvalue weighted by atomic mass is 10.1. The second-order valence-corrected chi connectivity index (χ2v) is 21.7. The molecule has 1 unspecified atom stereocenters. The van der Waals surface area contributed by atoms with Crippen molar-refractivity contribution < 1.29 is 12.6 Å². The van der Waals surface area contributed by atoms with Gasteiger partial charge >= 0.3 is 0 Å². The number of sulfone groups is 1. The van der Waals surface area contributed by atoms with E-state index in [2.05, 4.69) is 40.8 Å². The van der Waals surface area contributed by atoms with Gasteiger partial charge in [0.25, 0.3) is 0 Å². The molecule has 10 rings (SSSR count). The Kier molecular flexibility index (Phi) is 14.7. The summed E-state index contributed by atoms with van der Waals surface area (Å²) in [6.45, 7) is 5.60. The molecule has 0 aliphatic carbocycles. The van der Waals surface area contributed by atoms with Crippen molar-refractivity contribution in [3.8, 4) is 0 Å². The minimum absolute atomic E-state index is 0.102. The van der Waals surface area contributed by atoms with Gasteiger partial charge in [-0.15, -0.1) is 0 Å².